The van der Waals surface area contributed by atoms with E-state index in [2.05, 4.69) is 63.3 Å². The van der Waals surface area contributed by atoms with Gasteiger partial charge in [0.25, 0.3) is 0 Å². The van der Waals surface area contributed by atoms with Gasteiger partial charge < -0.3 is 5.32 Å². The number of hydrogen-bond donors (Lipinski definition) is 1. The highest BCUT2D eigenvalue weighted by atomic mass is 35.5. The summed E-state index contributed by atoms with van der Waals surface area (Å²) in [5, 5.41) is 6.99. The number of hydrogen-bond acceptors (Lipinski definition) is 1. The van der Waals surface area contributed by atoms with Crippen LogP contribution in [0.15, 0.2) is 36.4 Å². The molecule has 0 aliphatic rings. The third-order valence-corrected chi connectivity index (χ3v) is 4.76. The molecule has 0 amide bonds. The lowest BCUT2D eigenvalue weighted by Crippen LogP contribution is -2.30. The van der Waals surface area contributed by atoms with Crippen molar-refractivity contribution in [1.29, 1.82) is 0 Å². The van der Waals surface area contributed by atoms with E-state index in [4.69, 9.17) is 11.6 Å². The summed E-state index contributed by atoms with van der Waals surface area (Å²) in [6.07, 6.45) is 1.15. The largest absolute Gasteiger partial charge is 0.310 e. The van der Waals surface area contributed by atoms with Crippen LogP contribution in [0.4, 0.5) is 0 Å². The van der Waals surface area contributed by atoms with Crippen LogP contribution in [0.1, 0.15) is 45.7 Å². The Morgan fingerprint density at radius 3 is 2.29 bits per heavy atom. The number of halogens is 1. The van der Waals surface area contributed by atoms with Gasteiger partial charge in [-0.2, -0.15) is 0 Å². The summed E-state index contributed by atoms with van der Waals surface area (Å²) >= 11 is 6.36. The van der Waals surface area contributed by atoms with Crippen LogP contribution in [0.2, 0.25) is 5.02 Å². The molecule has 2 rings (SSSR count). The van der Waals surface area contributed by atoms with Crippen LogP contribution in [-0.4, -0.2) is 6.54 Å². The van der Waals surface area contributed by atoms with Gasteiger partial charge in [0.1, 0.15) is 0 Å². The van der Waals surface area contributed by atoms with Crippen molar-refractivity contribution in [3.05, 3.63) is 47.0 Å². The van der Waals surface area contributed by atoms with Gasteiger partial charge in [-0.25, -0.2) is 0 Å². The van der Waals surface area contributed by atoms with Crippen molar-refractivity contribution >= 4 is 22.4 Å². The first kappa shape index (κ1) is 16.3. The zero-order valence-electron chi connectivity index (χ0n) is 13.5. The van der Waals surface area contributed by atoms with Gasteiger partial charge in [-0.3, -0.25) is 0 Å². The van der Waals surface area contributed by atoms with Gasteiger partial charge in [0.05, 0.1) is 0 Å². The Kier molecular flexibility index (Phi) is 5.66. The average molecular weight is 304 g/mol. The fourth-order valence-corrected chi connectivity index (χ4v) is 3.05. The second-order valence-corrected chi connectivity index (χ2v) is 6.62. The Balaban J connectivity index is 2.51. The minimum atomic E-state index is 0.368. The minimum absolute atomic E-state index is 0.368. The highest BCUT2D eigenvalue weighted by Crippen LogP contribution is 2.35. The molecule has 1 nitrogen and oxygen atoms in total. The van der Waals surface area contributed by atoms with Crippen LogP contribution >= 0.6 is 11.6 Å². The molecule has 0 radical (unpaired) electrons. The van der Waals surface area contributed by atoms with Crippen molar-refractivity contribution < 1.29 is 0 Å². The van der Waals surface area contributed by atoms with Gasteiger partial charge in [0.15, 0.2) is 0 Å². The molecule has 0 spiro atoms. The van der Waals surface area contributed by atoms with Gasteiger partial charge in [0, 0.05) is 16.5 Å². The van der Waals surface area contributed by atoms with Crippen molar-refractivity contribution in [1.82, 2.24) is 5.32 Å². The Morgan fingerprint density at radius 1 is 1.00 bits per heavy atom. The molecule has 0 fully saturated rings. The van der Waals surface area contributed by atoms with E-state index in [9.17, 15) is 0 Å². The van der Waals surface area contributed by atoms with Gasteiger partial charge in [0.2, 0.25) is 0 Å². The molecule has 0 aliphatic carbocycles. The molecule has 1 N–H and O–H groups in total. The van der Waals surface area contributed by atoms with Crippen molar-refractivity contribution in [3.8, 4) is 0 Å². The molecule has 0 bridgehead atoms. The number of rotatable bonds is 6. The summed E-state index contributed by atoms with van der Waals surface area (Å²) < 4.78 is 0. The van der Waals surface area contributed by atoms with Crippen LogP contribution in [0.25, 0.3) is 10.8 Å². The molecule has 2 heteroatoms. The second-order valence-electron chi connectivity index (χ2n) is 6.22. The molecule has 0 heterocycles. The van der Waals surface area contributed by atoms with Crippen LogP contribution in [-0.2, 0) is 0 Å². The van der Waals surface area contributed by atoms with E-state index in [-0.39, 0.29) is 0 Å². The average Bonchev–Trinajstić information content (AvgIpc) is 2.49. The Bertz CT molecular complexity index is 591. The maximum atomic E-state index is 6.36. The fourth-order valence-electron chi connectivity index (χ4n) is 2.82. The zero-order chi connectivity index (χ0) is 15.4. The van der Waals surface area contributed by atoms with E-state index in [0.29, 0.717) is 17.9 Å². The maximum absolute atomic E-state index is 6.36. The van der Waals surface area contributed by atoms with Crippen molar-refractivity contribution in [3.63, 3.8) is 0 Å². The first-order chi connectivity index (χ1) is 10.1. The summed E-state index contributed by atoms with van der Waals surface area (Å²) in [5.74, 6) is 1.20. The van der Waals surface area contributed by atoms with Gasteiger partial charge in [-0.05, 0) is 41.8 Å². The van der Waals surface area contributed by atoms with E-state index in [0.717, 1.165) is 23.4 Å². The lowest BCUT2D eigenvalue weighted by Gasteiger charge is -2.29. The van der Waals surface area contributed by atoms with E-state index < -0.39 is 0 Å². The maximum Gasteiger partial charge on any atom is 0.0484 e. The molecule has 2 aromatic carbocycles. The van der Waals surface area contributed by atoms with Gasteiger partial charge in [-0.15, -0.1) is 0 Å². The molecule has 2 aromatic rings. The highest BCUT2D eigenvalue weighted by Gasteiger charge is 2.23. The zero-order valence-corrected chi connectivity index (χ0v) is 14.2. The predicted molar refractivity (Wildman–Crippen MR) is 94.0 cm³/mol. The van der Waals surface area contributed by atoms with Gasteiger partial charge in [-0.1, -0.05) is 69.6 Å². The van der Waals surface area contributed by atoms with E-state index in [1.165, 1.54) is 10.9 Å². The molecule has 0 aromatic heterocycles. The number of fused-ring (bicyclic) bond motifs is 1. The summed E-state index contributed by atoms with van der Waals surface area (Å²) in [7, 11) is 0. The lowest BCUT2D eigenvalue weighted by molar-refractivity contribution is 0.305. The standard InChI is InChI=1S/C19H26ClN/c1-5-12-21-19(14(4)13(2)3)17-10-11-18(20)16-9-7-6-8-15(16)17/h6-11,13-14,19,21H,5,12H2,1-4H3. The number of benzene rings is 2. The molecule has 0 saturated carbocycles. The number of nitrogens with one attached hydrogen (secondary N) is 1. The van der Waals surface area contributed by atoms with Crippen LogP contribution in [0.5, 0.6) is 0 Å². The summed E-state index contributed by atoms with van der Waals surface area (Å²) in [4.78, 5) is 0. The van der Waals surface area contributed by atoms with Crippen molar-refractivity contribution in [2.75, 3.05) is 6.54 Å². The molecular formula is C19H26ClN. The van der Waals surface area contributed by atoms with E-state index >= 15 is 0 Å². The predicted octanol–water partition coefficient (Wildman–Crippen LogP) is 5.83. The van der Waals surface area contributed by atoms with Crippen molar-refractivity contribution in [2.24, 2.45) is 11.8 Å². The first-order valence-electron chi connectivity index (χ1n) is 7.96. The molecular weight excluding hydrogens is 278 g/mol. The van der Waals surface area contributed by atoms with E-state index in [1.807, 2.05) is 6.07 Å². The minimum Gasteiger partial charge on any atom is -0.310 e. The molecule has 114 valence electrons. The third-order valence-electron chi connectivity index (χ3n) is 4.43. The molecule has 2 unspecified atom stereocenters. The quantitative estimate of drug-likeness (QED) is 0.708. The summed E-state index contributed by atoms with van der Waals surface area (Å²) in [6.45, 7) is 10.2. The second kappa shape index (κ2) is 7.29. The smallest absolute Gasteiger partial charge is 0.0484 e. The summed E-state index contributed by atoms with van der Waals surface area (Å²) in [5.41, 5.74) is 1.37. The lowest BCUT2D eigenvalue weighted by atomic mass is 9.84. The Morgan fingerprint density at radius 2 is 1.67 bits per heavy atom. The van der Waals surface area contributed by atoms with E-state index in [1.54, 1.807) is 0 Å². The molecule has 21 heavy (non-hydrogen) atoms. The first-order valence-corrected chi connectivity index (χ1v) is 8.34. The van der Waals surface area contributed by atoms with Crippen LogP contribution < -0.4 is 5.32 Å². The topological polar surface area (TPSA) is 12.0 Å². The van der Waals surface area contributed by atoms with Crippen LogP contribution in [0.3, 0.4) is 0 Å². The normalized spacial score (nSPS) is 14.6. The summed E-state index contributed by atoms with van der Waals surface area (Å²) in [6, 6.07) is 13.0. The Labute approximate surface area is 133 Å². The fraction of sp³-hybridized carbons (Fsp3) is 0.474. The van der Waals surface area contributed by atoms with Crippen molar-refractivity contribution in [2.45, 2.75) is 40.2 Å². The van der Waals surface area contributed by atoms with Gasteiger partial charge >= 0.3 is 0 Å². The molecule has 0 aliphatic heterocycles. The van der Waals surface area contributed by atoms with Crippen LogP contribution in [0, 0.1) is 11.8 Å². The highest BCUT2D eigenvalue weighted by molar-refractivity contribution is 6.35. The third kappa shape index (κ3) is 3.59. The monoisotopic (exact) mass is 303 g/mol. The Hall–Kier alpha value is -1.05. The molecule has 2 atom stereocenters. The molecule has 0 saturated heterocycles. The SMILES string of the molecule is CCCNC(c1ccc(Cl)c2ccccc12)C(C)C(C)C.